The first-order valence-electron chi connectivity index (χ1n) is 10.1. The Hall–Kier alpha value is -2.47. The van der Waals surface area contributed by atoms with E-state index in [0.29, 0.717) is 11.6 Å². The van der Waals surface area contributed by atoms with Gasteiger partial charge in [-0.15, -0.1) is 11.3 Å². The third-order valence-corrected chi connectivity index (χ3v) is 6.72. The number of aromatic carboxylic acids is 1. The van der Waals surface area contributed by atoms with Gasteiger partial charge in [0, 0.05) is 16.8 Å². The second-order valence-corrected chi connectivity index (χ2v) is 9.14. The van der Waals surface area contributed by atoms with E-state index in [1.54, 1.807) is 19.9 Å². The summed E-state index contributed by atoms with van der Waals surface area (Å²) in [6.45, 7) is 5.78. The number of carbonyl (C=O) groups excluding carboxylic acids is 2. The first-order valence-corrected chi connectivity index (χ1v) is 10.9. The number of carboxylic acid groups (broad SMARTS) is 1. The van der Waals surface area contributed by atoms with E-state index in [1.165, 1.54) is 4.90 Å². The minimum Gasteiger partial charge on any atom is -0.477 e. The highest BCUT2D eigenvalue weighted by Gasteiger charge is 2.35. The summed E-state index contributed by atoms with van der Waals surface area (Å²) in [5.74, 6) is -1.77. The lowest BCUT2D eigenvalue weighted by Crippen LogP contribution is -2.44. The lowest BCUT2D eigenvalue weighted by molar-refractivity contribution is -0.139. The Labute approximate surface area is 175 Å². The number of rotatable bonds is 6. The lowest BCUT2D eigenvalue weighted by Gasteiger charge is -2.29. The Morgan fingerprint density at radius 3 is 2.24 bits per heavy atom. The molecule has 1 fully saturated rings. The first-order chi connectivity index (χ1) is 13.8. The summed E-state index contributed by atoms with van der Waals surface area (Å²) < 4.78 is 0. The average Bonchev–Trinajstić information content (AvgIpc) is 3.13. The summed E-state index contributed by atoms with van der Waals surface area (Å²) in [4.78, 5) is 40.2. The van der Waals surface area contributed by atoms with Gasteiger partial charge in [-0.05, 0) is 44.2 Å². The molecule has 1 aromatic carbocycles. The van der Waals surface area contributed by atoms with Crippen molar-refractivity contribution in [2.24, 2.45) is 11.8 Å². The van der Waals surface area contributed by atoms with Gasteiger partial charge in [0.1, 0.15) is 4.88 Å². The fourth-order valence-electron chi connectivity index (χ4n) is 3.90. The third kappa shape index (κ3) is 4.58. The molecule has 154 valence electrons. The van der Waals surface area contributed by atoms with Crippen molar-refractivity contribution in [1.82, 2.24) is 0 Å². The fourth-order valence-corrected chi connectivity index (χ4v) is 4.89. The standard InChI is InChI=1S/C23H27NO4S/c1-14(2)24(22(26)20(25)17-11-9-15(3)10-12-17)18-13-19(29-21(18)23(27)28)16-7-5-4-6-8-16/h4-8,13-15,17H,9-12H2,1-3H3,(H,27,28). The van der Waals surface area contributed by atoms with Gasteiger partial charge in [-0.1, -0.05) is 50.1 Å². The van der Waals surface area contributed by atoms with Crippen molar-refractivity contribution in [2.75, 3.05) is 4.90 Å². The number of anilines is 1. The zero-order valence-corrected chi connectivity index (χ0v) is 17.9. The van der Waals surface area contributed by atoms with E-state index >= 15 is 0 Å². The maximum Gasteiger partial charge on any atom is 0.348 e. The molecule has 2 aromatic rings. The molecule has 1 N–H and O–H groups in total. The highest BCUT2D eigenvalue weighted by molar-refractivity contribution is 7.18. The first kappa shape index (κ1) is 21.2. The molecule has 0 unspecified atom stereocenters. The van der Waals surface area contributed by atoms with Crippen LogP contribution in [-0.4, -0.2) is 28.8 Å². The number of ketones is 1. The van der Waals surface area contributed by atoms with E-state index in [0.717, 1.165) is 47.5 Å². The van der Waals surface area contributed by atoms with Crippen molar-refractivity contribution in [3.05, 3.63) is 41.3 Å². The maximum absolute atomic E-state index is 13.2. The molecule has 29 heavy (non-hydrogen) atoms. The monoisotopic (exact) mass is 413 g/mol. The van der Waals surface area contributed by atoms with Crippen molar-refractivity contribution >= 4 is 34.7 Å². The van der Waals surface area contributed by atoms with Gasteiger partial charge >= 0.3 is 5.97 Å². The largest absolute Gasteiger partial charge is 0.477 e. The van der Waals surface area contributed by atoms with E-state index in [9.17, 15) is 19.5 Å². The molecule has 5 nitrogen and oxygen atoms in total. The van der Waals surface area contributed by atoms with Crippen molar-refractivity contribution in [1.29, 1.82) is 0 Å². The smallest absolute Gasteiger partial charge is 0.348 e. The number of thiophene rings is 1. The Bertz CT molecular complexity index is 895. The van der Waals surface area contributed by atoms with Gasteiger partial charge in [-0.2, -0.15) is 0 Å². The molecular formula is C23H27NO4S. The van der Waals surface area contributed by atoms with Crippen LogP contribution in [0.1, 0.15) is 56.1 Å². The molecule has 0 aliphatic heterocycles. The predicted molar refractivity (Wildman–Crippen MR) is 115 cm³/mol. The van der Waals surface area contributed by atoms with Crippen molar-refractivity contribution in [3.8, 4) is 10.4 Å². The Morgan fingerprint density at radius 1 is 1.07 bits per heavy atom. The molecule has 0 spiro atoms. The van der Waals surface area contributed by atoms with Crippen LogP contribution in [0.25, 0.3) is 10.4 Å². The van der Waals surface area contributed by atoms with E-state index in [1.807, 2.05) is 30.3 Å². The van der Waals surface area contributed by atoms with E-state index in [4.69, 9.17) is 0 Å². The molecule has 0 bridgehead atoms. The minimum atomic E-state index is -1.09. The number of Topliss-reactive ketones (excluding diaryl/α,β-unsaturated/α-hetero) is 1. The maximum atomic E-state index is 13.2. The highest BCUT2D eigenvalue weighted by atomic mass is 32.1. The zero-order valence-electron chi connectivity index (χ0n) is 17.1. The average molecular weight is 414 g/mol. The molecule has 1 saturated carbocycles. The van der Waals surface area contributed by atoms with Crippen LogP contribution in [0.5, 0.6) is 0 Å². The van der Waals surface area contributed by atoms with Gasteiger partial charge in [-0.25, -0.2) is 4.79 Å². The minimum absolute atomic E-state index is 0.0796. The molecule has 1 heterocycles. The lowest BCUT2D eigenvalue weighted by atomic mass is 9.80. The molecule has 1 aromatic heterocycles. The van der Waals surface area contributed by atoms with Gasteiger partial charge in [0.2, 0.25) is 5.78 Å². The topological polar surface area (TPSA) is 74.7 Å². The molecule has 3 rings (SSSR count). The SMILES string of the molecule is CC1CCC(C(=O)C(=O)N(c2cc(-c3ccccc3)sc2C(=O)O)C(C)C)CC1. The molecule has 1 amide bonds. The fraction of sp³-hybridized carbons (Fsp3) is 0.435. The van der Waals surface area contributed by atoms with Gasteiger partial charge in [0.15, 0.2) is 0 Å². The molecule has 6 heteroatoms. The summed E-state index contributed by atoms with van der Waals surface area (Å²) in [6.07, 6.45) is 3.34. The van der Waals surface area contributed by atoms with E-state index in [-0.39, 0.29) is 16.8 Å². The van der Waals surface area contributed by atoms with Crippen LogP contribution in [0.3, 0.4) is 0 Å². The number of hydrogen-bond acceptors (Lipinski definition) is 4. The number of carbonyl (C=O) groups is 3. The van der Waals surface area contributed by atoms with Crippen LogP contribution in [0.4, 0.5) is 5.69 Å². The predicted octanol–water partition coefficient (Wildman–Crippen LogP) is 5.25. The van der Waals surface area contributed by atoms with E-state index in [2.05, 4.69) is 6.92 Å². The Morgan fingerprint density at radius 2 is 1.69 bits per heavy atom. The van der Waals surface area contributed by atoms with Crippen LogP contribution in [0.2, 0.25) is 0 Å². The number of carboxylic acids is 1. The molecule has 0 radical (unpaired) electrons. The zero-order chi connectivity index (χ0) is 21.1. The Balaban J connectivity index is 1.96. The molecule has 0 saturated heterocycles. The van der Waals surface area contributed by atoms with Crippen molar-refractivity contribution in [3.63, 3.8) is 0 Å². The number of nitrogens with zero attached hydrogens (tertiary/aromatic N) is 1. The van der Waals surface area contributed by atoms with Gasteiger partial charge < -0.3 is 10.0 Å². The normalized spacial score (nSPS) is 19.2. The highest BCUT2D eigenvalue weighted by Crippen LogP contribution is 2.38. The van der Waals surface area contributed by atoms with Crippen LogP contribution < -0.4 is 4.90 Å². The van der Waals surface area contributed by atoms with Gasteiger partial charge in [0.25, 0.3) is 5.91 Å². The molecule has 1 aliphatic rings. The quantitative estimate of drug-likeness (QED) is 0.656. The van der Waals surface area contributed by atoms with Gasteiger partial charge in [0.05, 0.1) is 5.69 Å². The van der Waals surface area contributed by atoms with Gasteiger partial charge in [-0.3, -0.25) is 9.59 Å². The summed E-state index contributed by atoms with van der Waals surface area (Å²) >= 11 is 1.13. The summed E-state index contributed by atoms with van der Waals surface area (Å²) in [6, 6.07) is 10.8. The third-order valence-electron chi connectivity index (χ3n) is 5.56. The number of benzene rings is 1. The van der Waals surface area contributed by atoms with Crippen LogP contribution in [0, 0.1) is 11.8 Å². The summed E-state index contributed by atoms with van der Waals surface area (Å²) in [7, 11) is 0. The molecule has 0 atom stereocenters. The second-order valence-electron chi connectivity index (χ2n) is 8.09. The Kier molecular flexibility index (Phi) is 6.52. The van der Waals surface area contributed by atoms with Crippen LogP contribution in [0.15, 0.2) is 36.4 Å². The number of hydrogen-bond donors (Lipinski definition) is 1. The van der Waals surface area contributed by atoms with Crippen LogP contribution in [-0.2, 0) is 9.59 Å². The second kappa shape index (κ2) is 8.91. The van der Waals surface area contributed by atoms with Crippen molar-refractivity contribution in [2.45, 2.75) is 52.5 Å². The summed E-state index contributed by atoms with van der Waals surface area (Å²) in [5, 5.41) is 9.74. The van der Waals surface area contributed by atoms with Crippen LogP contribution >= 0.6 is 11.3 Å². The molecular weight excluding hydrogens is 386 g/mol. The summed E-state index contributed by atoms with van der Waals surface area (Å²) in [5.41, 5.74) is 1.19. The number of amides is 1. The van der Waals surface area contributed by atoms with E-state index < -0.39 is 17.7 Å². The van der Waals surface area contributed by atoms with Crippen molar-refractivity contribution < 1.29 is 19.5 Å². The molecule has 1 aliphatic carbocycles.